The molecule has 0 aromatic heterocycles. The molecule has 1 fully saturated rings. The Labute approximate surface area is 121 Å². The van der Waals surface area contributed by atoms with Gasteiger partial charge in [0.25, 0.3) is 0 Å². The lowest BCUT2D eigenvalue weighted by Gasteiger charge is -2.38. The van der Waals surface area contributed by atoms with E-state index in [1.807, 2.05) is 7.05 Å². The highest BCUT2D eigenvalue weighted by Crippen LogP contribution is 2.26. The Bertz CT molecular complexity index is 445. The van der Waals surface area contributed by atoms with Gasteiger partial charge in [-0.05, 0) is 12.1 Å². The number of phenols is 1. The maximum Gasteiger partial charge on any atom is 0.117 e. The zero-order valence-electron chi connectivity index (χ0n) is 12.5. The lowest BCUT2D eigenvalue weighted by molar-refractivity contribution is -0.916. The SMILES string of the molecule is CN(CCC[N+]1(C)CCOCC1)c1cc(O)ccc1N. The minimum atomic E-state index is 0.258. The highest BCUT2D eigenvalue weighted by Gasteiger charge is 2.24. The fraction of sp³-hybridized carbons (Fsp3) is 0.600. The molecule has 1 aliphatic heterocycles. The first-order chi connectivity index (χ1) is 9.50. The summed E-state index contributed by atoms with van der Waals surface area (Å²) in [5.41, 5.74) is 7.56. The van der Waals surface area contributed by atoms with Crippen LogP contribution in [0.4, 0.5) is 11.4 Å². The number of likely N-dealkylation sites (N-methyl/N-ethyl adjacent to an activating group) is 1. The van der Waals surface area contributed by atoms with Crippen LogP contribution >= 0.6 is 0 Å². The number of hydrogen-bond donors (Lipinski definition) is 2. The van der Waals surface area contributed by atoms with Crippen LogP contribution in [0.15, 0.2) is 18.2 Å². The van der Waals surface area contributed by atoms with Gasteiger partial charge < -0.3 is 25.0 Å². The Kier molecular flexibility index (Phi) is 4.73. The number of nitrogens with two attached hydrogens (primary N) is 1. The molecule has 0 atom stereocenters. The van der Waals surface area contributed by atoms with Crippen LogP contribution in [0.5, 0.6) is 5.75 Å². The number of benzene rings is 1. The predicted octanol–water partition coefficient (Wildman–Crippen LogP) is 1.28. The van der Waals surface area contributed by atoms with E-state index in [4.69, 9.17) is 10.5 Å². The Hall–Kier alpha value is -1.46. The number of hydrogen-bond acceptors (Lipinski definition) is 4. The van der Waals surface area contributed by atoms with Crippen LogP contribution in [0.1, 0.15) is 6.42 Å². The van der Waals surface area contributed by atoms with E-state index in [1.165, 1.54) is 0 Å². The summed E-state index contributed by atoms with van der Waals surface area (Å²) < 4.78 is 6.51. The minimum absolute atomic E-state index is 0.258. The number of ether oxygens (including phenoxy) is 1. The fourth-order valence-corrected chi connectivity index (χ4v) is 2.68. The average molecular weight is 280 g/mol. The van der Waals surface area contributed by atoms with Gasteiger partial charge in [-0.15, -0.1) is 0 Å². The molecular weight excluding hydrogens is 254 g/mol. The van der Waals surface area contributed by atoms with Crippen molar-refractivity contribution in [3.63, 3.8) is 0 Å². The van der Waals surface area contributed by atoms with Crippen LogP contribution in [0, 0.1) is 0 Å². The molecule has 112 valence electrons. The quantitative estimate of drug-likeness (QED) is 0.484. The van der Waals surface area contributed by atoms with Gasteiger partial charge in [0, 0.05) is 26.1 Å². The molecule has 0 saturated carbocycles. The third kappa shape index (κ3) is 3.77. The number of morpholine rings is 1. The molecular formula is C15H26N3O2+. The molecule has 0 amide bonds. The van der Waals surface area contributed by atoms with Crippen molar-refractivity contribution in [3.8, 4) is 5.75 Å². The molecule has 5 heteroatoms. The normalized spacial score (nSPS) is 17.9. The smallest absolute Gasteiger partial charge is 0.117 e. The summed E-state index contributed by atoms with van der Waals surface area (Å²) in [7, 11) is 4.32. The van der Waals surface area contributed by atoms with Crippen molar-refractivity contribution in [3.05, 3.63) is 18.2 Å². The molecule has 1 saturated heterocycles. The Balaban J connectivity index is 1.85. The summed E-state index contributed by atoms with van der Waals surface area (Å²) in [5.74, 6) is 0.258. The molecule has 1 aromatic rings. The van der Waals surface area contributed by atoms with E-state index >= 15 is 0 Å². The van der Waals surface area contributed by atoms with Gasteiger partial charge >= 0.3 is 0 Å². The van der Waals surface area contributed by atoms with Gasteiger partial charge in [-0.2, -0.15) is 0 Å². The first-order valence-electron chi connectivity index (χ1n) is 7.21. The standard InChI is InChI=1S/C15H25N3O2/c1-17(15-12-13(19)4-5-14(15)16)6-3-7-18(2)8-10-20-11-9-18/h4-5,12H,3,6-11,16H2,1-2H3/p+1. The number of phenolic OH excluding ortho intramolecular Hbond substituents is 1. The van der Waals surface area contributed by atoms with Crippen molar-refractivity contribution in [2.24, 2.45) is 0 Å². The Morgan fingerprint density at radius 2 is 2.05 bits per heavy atom. The number of nitrogen functional groups attached to an aromatic ring is 1. The zero-order valence-corrected chi connectivity index (χ0v) is 12.5. The van der Waals surface area contributed by atoms with E-state index in [2.05, 4.69) is 11.9 Å². The van der Waals surface area contributed by atoms with Crippen molar-refractivity contribution in [2.75, 3.05) is 64.1 Å². The van der Waals surface area contributed by atoms with Gasteiger partial charge in [-0.3, -0.25) is 0 Å². The van der Waals surface area contributed by atoms with Crippen LogP contribution in [0.25, 0.3) is 0 Å². The van der Waals surface area contributed by atoms with E-state index < -0.39 is 0 Å². The Morgan fingerprint density at radius 1 is 1.35 bits per heavy atom. The zero-order chi connectivity index (χ0) is 14.6. The van der Waals surface area contributed by atoms with Crippen LogP contribution in [-0.2, 0) is 4.74 Å². The van der Waals surface area contributed by atoms with Crippen molar-refractivity contribution in [1.29, 1.82) is 0 Å². The van der Waals surface area contributed by atoms with Crippen LogP contribution < -0.4 is 10.6 Å². The van der Waals surface area contributed by atoms with Gasteiger partial charge in [0.05, 0.1) is 38.2 Å². The van der Waals surface area contributed by atoms with Crippen molar-refractivity contribution < 1.29 is 14.3 Å². The highest BCUT2D eigenvalue weighted by molar-refractivity contribution is 5.69. The molecule has 1 aromatic carbocycles. The molecule has 0 radical (unpaired) electrons. The monoisotopic (exact) mass is 280 g/mol. The molecule has 0 aliphatic carbocycles. The largest absolute Gasteiger partial charge is 0.508 e. The maximum absolute atomic E-state index is 9.56. The third-order valence-electron chi connectivity index (χ3n) is 4.17. The number of nitrogens with zero attached hydrogens (tertiary/aromatic N) is 2. The molecule has 0 spiro atoms. The first kappa shape index (κ1) is 14.9. The summed E-state index contributed by atoms with van der Waals surface area (Å²) in [6.45, 7) is 6.00. The second-order valence-corrected chi connectivity index (χ2v) is 5.92. The molecule has 3 N–H and O–H groups in total. The minimum Gasteiger partial charge on any atom is -0.508 e. The second kappa shape index (κ2) is 6.33. The van der Waals surface area contributed by atoms with Crippen molar-refractivity contribution in [1.82, 2.24) is 0 Å². The highest BCUT2D eigenvalue weighted by atomic mass is 16.5. The molecule has 0 unspecified atom stereocenters. The van der Waals surface area contributed by atoms with Crippen molar-refractivity contribution in [2.45, 2.75) is 6.42 Å². The van der Waals surface area contributed by atoms with Gasteiger partial charge in [0.15, 0.2) is 0 Å². The van der Waals surface area contributed by atoms with Crippen molar-refractivity contribution >= 4 is 11.4 Å². The van der Waals surface area contributed by atoms with Gasteiger partial charge in [-0.25, -0.2) is 0 Å². The Morgan fingerprint density at radius 3 is 2.75 bits per heavy atom. The summed E-state index contributed by atoms with van der Waals surface area (Å²) in [5, 5.41) is 9.56. The summed E-state index contributed by atoms with van der Waals surface area (Å²) in [4.78, 5) is 2.11. The van der Waals surface area contributed by atoms with Gasteiger partial charge in [-0.1, -0.05) is 0 Å². The van der Waals surface area contributed by atoms with E-state index in [0.717, 1.165) is 56.0 Å². The van der Waals surface area contributed by atoms with Gasteiger partial charge in [0.2, 0.25) is 0 Å². The van der Waals surface area contributed by atoms with E-state index in [0.29, 0.717) is 5.69 Å². The molecule has 0 bridgehead atoms. The lowest BCUT2D eigenvalue weighted by atomic mass is 10.2. The topological polar surface area (TPSA) is 58.7 Å². The fourth-order valence-electron chi connectivity index (χ4n) is 2.68. The second-order valence-electron chi connectivity index (χ2n) is 5.92. The first-order valence-corrected chi connectivity index (χ1v) is 7.21. The molecule has 1 aliphatic rings. The van der Waals surface area contributed by atoms with Gasteiger partial charge in [0.1, 0.15) is 18.8 Å². The molecule has 1 heterocycles. The maximum atomic E-state index is 9.56. The van der Waals surface area contributed by atoms with Crippen LogP contribution in [0.2, 0.25) is 0 Å². The van der Waals surface area contributed by atoms with Crippen LogP contribution in [0.3, 0.4) is 0 Å². The molecule has 20 heavy (non-hydrogen) atoms. The molecule has 5 nitrogen and oxygen atoms in total. The lowest BCUT2D eigenvalue weighted by Crippen LogP contribution is -2.52. The number of quaternary nitrogens is 1. The third-order valence-corrected chi connectivity index (χ3v) is 4.17. The van der Waals surface area contributed by atoms with E-state index in [1.54, 1.807) is 18.2 Å². The molecule has 2 rings (SSSR count). The van der Waals surface area contributed by atoms with E-state index in [9.17, 15) is 5.11 Å². The number of aromatic hydroxyl groups is 1. The van der Waals surface area contributed by atoms with Crippen LogP contribution in [-0.4, -0.2) is 63.1 Å². The predicted molar refractivity (Wildman–Crippen MR) is 82.0 cm³/mol. The number of anilines is 2. The summed E-state index contributed by atoms with van der Waals surface area (Å²) in [6, 6.07) is 5.09. The number of rotatable bonds is 5. The summed E-state index contributed by atoms with van der Waals surface area (Å²) >= 11 is 0. The summed E-state index contributed by atoms with van der Waals surface area (Å²) in [6.07, 6.45) is 1.10. The average Bonchev–Trinajstić information content (AvgIpc) is 2.42. The van der Waals surface area contributed by atoms with E-state index in [-0.39, 0.29) is 5.75 Å².